The summed E-state index contributed by atoms with van der Waals surface area (Å²) >= 11 is 1.61. The summed E-state index contributed by atoms with van der Waals surface area (Å²) in [6, 6.07) is 3.92. The Morgan fingerprint density at radius 3 is 3.17 bits per heavy atom. The quantitative estimate of drug-likeness (QED) is 0.754. The first-order valence-electron chi connectivity index (χ1n) is 3.41. The third kappa shape index (κ3) is 1.45. The molecule has 62 valence electrons. The molecule has 0 amide bonds. The summed E-state index contributed by atoms with van der Waals surface area (Å²) in [7, 11) is 0. The molecule has 0 aliphatic heterocycles. The second kappa shape index (κ2) is 2.94. The van der Waals surface area contributed by atoms with E-state index < -0.39 is 5.76 Å². The van der Waals surface area contributed by atoms with Crippen LogP contribution in [-0.4, -0.2) is 10.2 Å². The number of hydrogen-bond donors (Lipinski definition) is 1. The van der Waals surface area contributed by atoms with Gasteiger partial charge < -0.3 is 4.42 Å². The van der Waals surface area contributed by atoms with Gasteiger partial charge in [-0.05, 0) is 11.4 Å². The van der Waals surface area contributed by atoms with Crippen LogP contribution in [-0.2, 0) is 6.42 Å². The Kier molecular flexibility index (Phi) is 1.79. The highest BCUT2D eigenvalue weighted by Crippen LogP contribution is 2.11. The van der Waals surface area contributed by atoms with Gasteiger partial charge in [0.25, 0.3) is 0 Å². The summed E-state index contributed by atoms with van der Waals surface area (Å²) in [4.78, 5) is 11.7. The maximum absolute atomic E-state index is 10.5. The summed E-state index contributed by atoms with van der Waals surface area (Å²) in [6.45, 7) is 0. The van der Waals surface area contributed by atoms with Crippen molar-refractivity contribution in [2.24, 2.45) is 0 Å². The molecule has 2 rings (SSSR count). The highest BCUT2D eigenvalue weighted by atomic mass is 32.1. The number of nitrogens with zero attached hydrogens (tertiary/aromatic N) is 1. The molecular weight excluding hydrogens is 176 g/mol. The Balaban J connectivity index is 2.19. The lowest BCUT2D eigenvalue weighted by molar-refractivity contribution is 0.472. The van der Waals surface area contributed by atoms with Crippen LogP contribution in [0, 0.1) is 0 Å². The number of hydrogen-bond acceptors (Lipinski definition) is 4. The monoisotopic (exact) mass is 182 g/mol. The maximum atomic E-state index is 10.5. The Labute approximate surface area is 71.9 Å². The van der Waals surface area contributed by atoms with E-state index in [0.717, 1.165) is 4.88 Å². The standard InChI is InChI=1S/C7H6N2O2S/c10-7-9-8-6(11-7)4-5-2-1-3-12-5/h1-3H,4H2,(H,9,10). The molecule has 2 aromatic rings. The molecule has 1 N–H and O–H groups in total. The van der Waals surface area contributed by atoms with Gasteiger partial charge in [-0.25, -0.2) is 9.89 Å². The molecule has 0 bridgehead atoms. The summed E-state index contributed by atoms with van der Waals surface area (Å²) in [5, 5.41) is 7.88. The number of thiophene rings is 1. The molecule has 0 aliphatic carbocycles. The summed E-state index contributed by atoms with van der Waals surface area (Å²) in [6.07, 6.45) is 0.580. The Morgan fingerprint density at radius 2 is 2.58 bits per heavy atom. The summed E-state index contributed by atoms with van der Waals surface area (Å²) in [5.74, 6) is -0.0657. The van der Waals surface area contributed by atoms with E-state index in [0.29, 0.717) is 12.3 Å². The minimum absolute atomic E-state index is 0.433. The normalized spacial score (nSPS) is 10.3. The Hall–Kier alpha value is -1.36. The number of H-pyrrole nitrogens is 1. The zero-order valence-electron chi connectivity index (χ0n) is 6.11. The van der Waals surface area contributed by atoms with Crippen LogP contribution < -0.4 is 5.76 Å². The fourth-order valence-electron chi connectivity index (χ4n) is 0.898. The second-order valence-corrected chi connectivity index (χ2v) is 3.30. The molecule has 0 aromatic carbocycles. The van der Waals surface area contributed by atoms with Crippen LogP contribution in [0.5, 0.6) is 0 Å². The molecule has 2 aromatic heterocycles. The van der Waals surface area contributed by atoms with E-state index in [1.165, 1.54) is 0 Å². The number of aromatic nitrogens is 2. The van der Waals surface area contributed by atoms with Crippen molar-refractivity contribution in [3.63, 3.8) is 0 Å². The molecule has 0 aliphatic rings. The lowest BCUT2D eigenvalue weighted by Gasteiger charge is -1.86. The zero-order chi connectivity index (χ0) is 8.39. The Morgan fingerprint density at radius 1 is 1.67 bits per heavy atom. The van der Waals surface area contributed by atoms with Crippen LogP contribution in [0.3, 0.4) is 0 Å². The van der Waals surface area contributed by atoms with E-state index in [1.54, 1.807) is 11.3 Å². The maximum Gasteiger partial charge on any atom is 0.434 e. The molecule has 0 atom stereocenters. The lowest BCUT2D eigenvalue weighted by Crippen LogP contribution is -1.93. The van der Waals surface area contributed by atoms with Crippen molar-refractivity contribution in [1.29, 1.82) is 0 Å². The van der Waals surface area contributed by atoms with Crippen molar-refractivity contribution in [2.45, 2.75) is 6.42 Å². The fraction of sp³-hybridized carbons (Fsp3) is 0.143. The van der Waals surface area contributed by atoms with Crippen molar-refractivity contribution in [2.75, 3.05) is 0 Å². The van der Waals surface area contributed by atoms with E-state index in [4.69, 9.17) is 4.42 Å². The van der Waals surface area contributed by atoms with Gasteiger partial charge >= 0.3 is 5.76 Å². The first-order valence-corrected chi connectivity index (χ1v) is 4.29. The van der Waals surface area contributed by atoms with E-state index in [9.17, 15) is 4.79 Å². The fourth-order valence-corrected chi connectivity index (χ4v) is 1.59. The number of rotatable bonds is 2. The highest BCUT2D eigenvalue weighted by molar-refractivity contribution is 7.09. The van der Waals surface area contributed by atoms with Gasteiger partial charge in [0.15, 0.2) is 0 Å². The van der Waals surface area contributed by atoms with E-state index in [2.05, 4.69) is 10.2 Å². The minimum atomic E-state index is -0.499. The predicted molar refractivity (Wildman–Crippen MR) is 44.2 cm³/mol. The average Bonchev–Trinajstić information content (AvgIpc) is 2.63. The molecule has 0 spiro atoms. The van der Waals surface area contributed by atoms with E-state index >= 15 is 0 Å². The molecule has 0 unspecified atom stereocenters. The molecule has 0 saturated heterocycles. The SMILES string of the molecule is O=c1[nH]nc(Cc2cccs2)o1. The van der Waals surface area contributed by atoms with Gasteiger partial charge in [0, 0.05) is 4.88 Å². The molecular formula is C7H6N2O2S. The van der Waals surface area contributed by atoms with E-state index in [-0.39, 0.29) is 0 Å². The van der Waals surface area contributed by atoms with Gasteiger partial charge in [0.1, 0.15) is 0 Å². The summed E-state index contributed by atoms with van der Waals surface area (Å²) in [5.41, 5.74) is 0. The second-order valence-electron chi connectivity index (χ2n) is 2.26. The van der Waals surface area contributed by atoms with Gasteiger partial charge in [-0.15, -0.1) is 16.4 Å². The molecule has 5 heteroatoms. The first kappa shape index (κ1) is 7.30. The minimum Gasteiger partial charge on any atom is -0.392 e. The summed E-state index contributed by atoms with van der Waals surface area (Å²) < 4.78 is 4.74. The molecule has 0 saturated carbocycles. The van der Waals surface area contributed by atoms with Gasteiger partial charge in [-0.2, -0.15) is 0 Å². The Bertz CT molecular complexity index is 401. The van der Waals surface area contributed by atoms with Gasteiger partial charge in [-0.3, -0.25) is 0 Å². The molecule has 4 nitrogen and oxygen atoms in total. The topological polar surface area (TPSA) is 58.9 Å². The molecule has 0 fully saturated rings. The predicted octanol–water partition coefficient (Wildman–Crippen LogP) is 1.02. The van der Waals surface area contributed by atoms with Gasteiger partial charge in [-0.1, -0.05) is 6.07 Å². The third-order valence-corrected chi connectivity index (χ3v) is 2.26. The largest absolute Gasteiger partial charge is 0.434 e. The first-order chi connectivity index (χ1) is 5.84. The van der Waals surface area contributed by atoms with Crippen LogP contribution in [0.15, 0.2) is 26.7 Å². The number of aromatic amines is 1. The van der Waals surface area contributed by atoms with Crippen molar-refractivity contribution < 1.29 is 4.42 Å². The van der Waals surface area contributed by atoms with Crippen LogP contribution >= 0.6 is 11.3 Å². The van der Waals surface area contributed by atoms with Crippen molar-refractivity contribution in [3.05, 3.63) is 38.8 Å². The van der Waals surface area contributed by atoms with Gasteiger partial charge in [0.2, 0.25) is 5.89 Å². The number of nitrogens with one attached hydrogen (secondary N) is 1. The van der Waals surface area contributed by atoms with Crippen LogP contribution in [0.4, 0.5) is 0 Å². The average molecular weight is 182 g/mol. The molecule has 0 radical (unpaired) electrons. The lowest BCUT2D eigenvalue weighted by atomic mass is 10.3. The zero-order valence-corrected chi connectivity index (χ0v) is 6.93. The van der Waals surface area contributed by atoms with E-state index in [1.807, 2.05) is 17.5 Å². The molecule has 12 heavy (non-hydrogen) atoms. The van der Waals surface area contributed by atoms with Crippen molar-refractivity contribution in [1.82, 2.24) is 10.2 Å². The van der Waals surface area contributed by atoms with Gasteiger partial charge in [0.05, 0.1) is 6.42 Å². The van der Waals surface area contributed by atoms with Crippen LogP contribution in [0.1, 0.15) is 10.8 Å². The third-order valence-electron chi connectivity index (χ3n) is 1.39. The van der Waals surface area contributed by atoms with Crippen LogP contribution in [0.25, 0.3) is 0 Å². The van der Waals surface area contributed by atoms with Crippen molar-refractivity contribution >= 4 is 11.3 Å². The van der Waals surface area contributed by atoms with Crippen molar-refractivity contribution in [3.8, 4) is 0 Å². The van der Waals surface area contributed by atoms with Crippen LogP contribution in [0.2, 0.25) is 0 Å². The smallest absolute Gasteiger partial charge is 0.392 e. The highest BCUT2D eigenvalue weighted by Gasteiger charge is 2.02. The molecule has 2 heterocycles.